The van der Waals surface area contributed by atoms with E-state index in [1.165, 1.54) is 12.1 Å². The highest BCUT2D eigenvalue weighted by Crippen LogP contribution is 2.28. The average molecular weight is 455 g/mol. The number of halogens is 2. The summed E-state index contributed by atoms with van der Waals surface area (Å²) >= 11 is 6.35. The van der Waals surface area contributed by atoms with Crippen molar-refractivity contribution in [3.05, 3.63) is 75.6 Å². The van der Waals surface area contributed by atoms with E-state index in [2.05, 4.69) is 20.3 Å². The first-order valence-electron chi connectivity index (χ1n) is 9.94. The van der Waals surface area contributed by atoms with Gasteiger partial charge in [0, 0.05) is 12.1 Å². The number of nitrogens with zero attached hydrogens (tertiary/aromatic N) is 2. The molecule has 0 saturated carbocycles. The van der Waals surface area contributed by atoms with Crippen molar-refractivity contribution in [3.63, 3.8) is 0 Å². The molecule has 0 aliphatic rings. The summed E-state index contributed by atoms with van der Waals surface area (Å²) in [6, 6.07) is 11.5. The number of aromatic nitrogens is 3. The second-order valence-electron chi connectivity index (χ2n) is 7.20. The molecule has 32 heavy (non-hydrogen) atoms. The predicted molar refractivity (Wildman–Crippen MR) is 120 cm³/mol. The largest absolute Gasteiger partial charge is 0.478 e. The van der Waals surface area contributed by atoms with E-state index in [1.807, 2.05) is 13.0 Å². The van der Waals surface area contributed by atoms with Crippen molar-refractivity contribution in [2.75, 3.05) is 5.32 Å². The fraction of sp³-hybridized carbons (Fsp3) is 0.174. The van der Waals surface area contributed by atoms with Gasteiger partial charge >= 0.3 is 12.0 Å². The summed E-state index contributed by atoms with van der Waals surface area (Å²) < 4.78 is 19.9. The van der Waals surface area contributed by atoms with Crippen LogP contribution in [0.4, 0.5) is 10.2 Å². The van der Waals surface area contributed by atoms with Crippen molar-refractivity contribution in [2.24, 2.45) is 0 Å². The highest BCUT2D eigenvalue weighted by molar-refractivity contribution is 6.33. The molecule has 7 nitrogen and oxygen atoms in total. The number of fused-ring (bicyclic) bond motifs is 1. The Hall–Kier alpha value is -3.65. The Bertz CT molecular complexity index is 1320. The third-order valence-electron chi connectivity index (χ3n) is 5.09. The van der Waals surface area contributed by atoms with Crippen LogP contribution in [0.25, 0.3) is 11.2 Å². The van der Waals surface area contributed by atoms with Gasteiger partial charge in [-0.2, -0.15) is 4.98 Å². The van der Waals surface area contributed by atoms with Crippen LogP contribution in [0.15, 0.2) is 42.5 Å². The van der Waals surface area contributed by atoms with Gasteiger partial charge < -0.3 is 20.1 Å². The van der Waals surface area contributed by atoms with E-state index in [4.69, 9.17) is 16.3 Å². The number of rotatable bonds is 7. The molecular weight excluding hydrogens is 435 g/mol. The number of carboxylic acids is 1. The number of benzene rings is 2. The van der Waals surface area contributed by atoms with Crippen molar-refractivity contribution < 1.29 is 19.0 Å². The molecule has 0 spiro atoms. The van der Waals surface area contributed by atoms with E-state index in [0.29, 0.717) is 45.3 Å². The SMILES string of the molecule is CCc1cccc(F)c1CNc1nc2nc(Oc3ccc(C)c(C(=O)O)c3)[nH]c2cc1Cl. The van der Waals surface area contributed by atoms with Gasteiger partial charge in [0.15, 0.2) is 5.65 Å². The minimum Gasteiger partial charge on any atom is -0.478 e. The molecule has 0 unspecified atom stereocenters. The summed E-state index contributed by atoms with van der Waals surface area (Å²) in [6.07, 6.45) is 0.706. The third-order valence-corrected chi connectivity index (χ3v) is 5.38. The number of aromatic carboxylic acids is 1. The Labute approximate surface area is 188 Å². The van der Waals surface area contributed by atoms with Crippen LogP contribution in [0.1, 0.15) is 34.0 Å². The zero-order valence-electron chi connectivity index (χ0n) is 17.4. The fourth-order valence-electron chi connectivity index (χ4n) is 3.38. The van der Waals surface area contributed by atoms with E-state index in [0.717, 1.165) is 5.56 Å². The first-order valence-corrected chi connectivity index (χ1v) is 10.3. The lowest BCUT2D eigenvalue weighted by molar-refractivity contribution is 0.0695. The summed E-state index contributed by atoms with van der Waals surface area (Å²) in [4.78, 5) is 23.0. The number of hydrogen-bond acceptors (Lipinski definition) is 5. The van der Waals surface area contributed by atoms with Crippen LogP contribution in [-0.4, -0.2) is 26.0 Å². The summed E-state index contributed by atoms with van der Waals surface area (Å²) in [5.41, 5.74) is 3.13. The highest BCUT2D eigenvalue weighted by Gasteiger charge is 2.14. The lowest BCUT2D eigenvalue weighted by Crippen LogP contribution is -2.07. The summed E-state index contributed by atoms with van der Waals surface area (Å²) in [5.74, 6) is -0.639. The number of aromatic amines is 1. The number of anilines is 1. The zero-order valence-corrected chi connectivity index (χ0v) is 18.1. The Balaban J connectivity index is 1.57. The Morgan fingerprint density at radius 2 is 2.06 bits per heavy atom. The molecule has 2 aromatic carbocycles. The van der Waals surface area contributed by atoms with Gasteiger partial charge in [-0.15, -0.1) is 0 Å². The van der Waals surface area contributed by atoms with Gasteiger partial charge in [0.05, 0.1) is 16.1 Å². The van der Waals surface area contributed by atoms with E-state index in [-0.39, 0.29) is 23.9 Å². The molecule has 0 bridgehead atoms. The number of carbonyl (C=O) groups is 1. The van der Waals surface area contributed by atoms with Crippen LogP contribution in [0.2, 0.25) is 5.02 Å². The van der Waals surface area contributed by atoms with Crippen molar-refractivity contribution in [1.29, 1.82) is 0 Å². The second-order valence-corrected chi connectivity index (χ2v) is 7.61. The van der Waals surface area contributed by atoms with E-state index < -0.39 is 5.97 Å². The molecule has 9 heteroatoms. The van der Waals surface area contributed by atoms with Gasteiger partial charge in [-0.3, -0.25) is 0 Å². The smallest absolute Gasteiger partial charge is 0.336 e. The Morgan fingerprint density at radius 1 is 1.25 bits per heavy atom. The number of hydrogen-bond donors (Lipinski definition) is 3. The molecular formula is C23H20ClFN4O3. The summed E-state index contributed by atoms with van der Waals surface area (Å²) in [5, 5.41) is 12.7. The van der Waals surface area contributed by atoms with E-state index in [1.54, 1.807) is 31.2 Å². The third kappa shape index (κ3) is 4.36. The first kappa shape index (κ1) is 21.6. The van der Waals surface area contributed by atoms with Crippen LogP contribution in [-0.2, 0) is 13.0 Å². The number of carboxylic acid groups (broad SMARTS) is 1. The van der Waals surface area contributed by atoms with Crippen molar-refractivity contribution in [3.8, 4) is 11.8 Å². The molecule has 4 aromatic rings. The number of ether oxygens (including phenoxy) is 1. The maximum atomic E-state index is 14.2. The molecule has 0 aliphatic carbocycles. The topological polar surface area (TPSA) is 100 Å². The van der Waals surface area contributed by atoms with Gasteiger partial charge in [-0.05, 0) is 48.7 Å². The van der Waals surface area contributed by atoms with Gasteiger partial charge in [-0.25, -0.2) is 14.2 Å². The van der Waals surface area contributed by atoms with Crippen LogP contribution in [0, 0.1) is 12.7 Å². The normalized spacial score (nSPS) is 11.0. The molecule has 0 aliphatic heterocycles. The monoisotopic (exact) mass is 454 g/mol. The molecule has 0 amide bonds. The molecule has 0 saturated heterocycles. The molecule has 0 fully saturated rings. The maximum Gasteiger partial charge on any atom is 0.336 e. The molecule has 0 radical (unpaired) electrons. The van der Waals surface area contributed by atoms with Crippen LogP contribution < -0.4 is 10.1 Å². The van der Waals surface area contributed by atoms with Crippen molar-refractivity contribution in [1.82, 2.24) is 15.0 Å². The van der Waals surface area contributed by atoms with E-state index in [9.17, 15) is 14.3 Å². The number of nitrogens with one attached hydrogen (secondary N) is 2. The van der Waals surface area contributed by atoms with Gasteiger partial charge in [0.1, 0.15) is 17.4 Å². The predicted octanol–water partition coefficient (Wildman–Crippen LogP) is 5.72. The van der Waals surface area contributed by atoms with Crippen molar-refractivity contribution >= 4 is 34.6 Å². The quantitative estimate of drug-likeness (QED) is 0.330. The number of imidazole rings is 1. The average Bonchev–Trinajstić information content (AvgIpc) is 3.14. The zero-order chi connectivity index (χ0) is 22.8. The summed E-state index contributed by atoms with van der Waals surface area (Å²) in [6.45, 7) is 3.90. The van der Waals surface area contributed by atoms with Gasteiger partial charge in [0.2, 0.25) is 0 Å². The van der Waals surface area contributed by atoms with Crippen molar-refractivity contribution in [2.45, 2.75) is 26.8 Å². The first-order chi connectivity index (χ1) is 15.4. The molecule has 2 heterocycles. The van der Waals surface area contributed by atoms with Crippen LogP contribution in [0.3, 0.4) is 0 Å². The maximum absolute atomic E-state index is 14.2. The molecule has 2 aromatic heterocycles. The fourth-order valence-corrected chi connectivity index (χ4v) is 3.60. The van der Waals surface area contributed by atoms with E-state index >= 15 is 0 Å². The van der Waals surface area contributed by atoms with Gasteiger partial charge in [-0.1, -0.05) is 36.7 Å². The van der Waals surface area contributed by atoms with Crippen LogP contribution >= 0.6 is 11.6 Å². The Kier molecular flexibility index (Phi) is 5.96. The minimum absolute atomic E-state index is 0.142. The van der Waals surface area contributed by atoms with Gasteiger partial charge in [0.25, 0.3) is 0 Å². The lowest BCUT2D eigenvalue weighted by Gasteiger charge is -2.11. The molecule has 0 atom stereocenters. The number of pyridine rings is 1. The number of aryl methyl sites for hydroxylation is 2. The second kappa shape index (κ2) is 8.84. The summed E-state index contributed by atoms with van der Waals surface area (Å²) in [7, 11) is 0. The molecule has 164 valence electrons. The Morgan fingerprint density at radius 3 is 2.81 bits per heavy atom. The van der Waals surface area contributed by atoms with Crippen LogP contribution in [0.5, 0.6) is 11.8 Å². The minimum atomic E-state index is -1.04. The number of H-pyrrole nitrogens is 1. The standard InChI is InChI=1S/C23H20ClFN4O3/c1-3-13-5-4-6-18(25)16(13)11-26-20-17(24)10-19-21(28-20)29-23(27-19)32-14-8-7-12(2)15(9-14)22(30)31/h4-10H,3,11H2,1-2H3,(H,30,31)(H2,26,27,28,29). The molecule has 3 N–H and O–H groups in total. The lowest BCUT2D eigenvalue weighted by atomic mass is 10.0. The highest BCUT2D eigenvalue weighted by atomic mass is 35.5. The molecule has 4 rings (SSSR count).